The molecule has 6 N–H and O–H groups in total. The zero-order chi connectivity index (χ0) is 12.6. The Morgan fingerprint density at radius 3 is 1.71 bits per heavy atom. The molecular formula is C10H27N7. The van der Waals surface area contributed by atoms with Crippen molar-refractivity contribution in [1.29, 1.82) is 0 Å². The Labute approximate surface area is 104 Å². The Kier molecular flexibility index (Phi) is 14.6. The number of nitrogens with one attached hydrogen (secondary N) is 4. The lowest BCUT2D eigenvalue weighted by atomic mass is 10.5. The fraction of sp³-hybridized carbons (Fsp3) is 1.00. The summed E-state index contributed by atoms with van der Waals surface area (Å²) >= 11 is 0. The van der Waals surface area contributed by atoms with E-state index in [1.54, 1.807) is 0 Å². The molecular weight excluding hydrogens is 218 g/mol. The van der Waals surface area contributed by atoms with Crippen molar-refractivity contribution < 1.29 is 0 Å². The highest BCUT2D eigenvalue weighted by atomic mass is 15.3. The van der Waals surface area contributed by atoms with E-state index in [-0.39, 0.29) is 0 Å². The van der Waals surface area contributed by atoms with Crippen LogP contribution in [0.25, 0.3) is 0 Å². The molecule has 0 bridgehead atoms. The zero-order valence-corrected chi connectivity index (χ0v) is 10.8. The van der Waals surface area contributed by atoms with Crippen LogP contribution >= 0.6 is 0 Å². The fourth-order valence-corrected chi connectivity index (χ4v) is 1.27. The molecule has 0 radical (unpaired) electrons. The summed E-state index contributed by atoms with van der Waals surface area (Å²) in [6.07, 6.45) is 0. The molecule has 0 fully saturated rings. The van der Waals surface area contributed by atoms with E-state index in [2.05, 4.69) is 38.5 Å². The molecule has 102 valence electrons. The highest BCUT2D eigenvalue weighted by Gasteiger charge is 1.89. The lowest BCUT2D eigenvalue weighted by Crippen LogP contribution is -2.35. The number of nitrogens with two attached hydrogens (primary N) is 1. The van der Waals surface area contributed by atoms with Gasteiger partial charge in [-0.1, -0.05) is 12.1 Å². The predicted molar refractivity (Wildman–Crippen MR) is 71.1 cm³/mol. The van der Waals surface area contributed by atoms with Crippen molar-refractivity contribution in [2.45, 2.75) is 6.92 Å². The van der Waals surface area contributed by atoms with Crippen LogP contribution in [0.3, 0.4) is 0 Å². The van der Waals surface area contributed by atoms with Crippen molar-refractivity contribution in [3.63, 3.8) is 0 Å². The molecule has 0 heterocycles. The van der Waals surface area contributed by atoms with Gasteiger partial charge in [-0.2, -0.15) is 5.11 Å². The Morgan fingerprint density at radius 2 is 1.24 bits per heavy atom. The average molecular weight is 245 g/mol. The highest BCUT2D eigenvalue weighted by molar-refractivity contribution is 4.56. The van der Waals surface area contributed by atoms with E-state index in [1.807, 2.05) is 0 Å². The van der Waals surface area contributed by atoms with Gasteiger partial charge in [-0.25, -0.2) is 0 Å². The maximum atomic E-state index is 4.87. The number of hydrogen-bond donors (Lipinski definition) is 5. The van der Waals surface area contributed by atoms with Gasteiger partial charge in [0.25, 0.3) is 0 Å². The summed E-state index contributed by atoms with van der Waals surface area (Å²) in [5.41, 5.74) is 0. The number of hydrogen-bond acceptors (Lipinski definition) is 6. The van der Waals surface area contributed by atoms with Gasteiger partial charge in [-0.3, -0.25) is 0 Å². The van der Waals surface area contributed by atoms with E-state index in [0.717, 1.165) is 52.4 Å². The van der Waals surface area contributed by atoms with Gasteiger partial charge in [0.15, 0.2) is 0 Å². The summed E-state index contributed by atoms with van der Waals surface area (Å²) in [5.74, 6) is 4.87. The smallest absolute Gasteiger partial charge is 0.0744 e. The van der Waals surface area contributed by atoms with Gasteiger partial charge in [-0.05, 0) is 6.54 Å². The minimum Gasteiger partial charge on any atom is -0.316 e. The van der Waals surface area contributed by atoms with Crippen LogP contribution in [0, 0.1) is 0 Å². The first-order valence-electron chi connectivity index (χ1n) is 6.31. The summed E-state index contributed by atoms with van der Waals surface area (Å²) in [6.45, 7) is 10.6. The van der Waals surface area contributed by atoms with Crippen molar-refractivity contribution >= 4 is 0 Å². The molecule has 0 atom stereocenters. The first-order valence-corrected chi connectivity index (χ1v) is 6.31. The van der Waals surface area contributed by atoms with Crippen LogP contribution in [0.5, 0.6) is 0 Å². The minimum atomic E-state index is 0.641. The van der Waals surface area contributed by atoms with Crippen molar-refractivity contribution in [3.05, 3.63) is 0 Å². The number of rotatable bonds is 13. The molecule has 7 nitrogen and oxygen atoms in total. The molecule has 0 unspecified atom stereocenters. The van der Waals surface area contributed by atoms with Gasteiger partial charge in [0.05, 0.1) is 6.54 Å². The van der Waals surface area contributed by atoms with Crippen LogP contribution < -0.4 is 27.1 Å². The molecule has 0 saturated heterocycles. The van der Waals surface area contributed by atoms with E-state index < -0.39 is 0 Å². The van der Waals surface area contributed by atoms with E-state index in [0.29, 0.717) is 6.54 Å². The molecule has 7 heteroatoms. The molecule has 0 saturated carbocycles. The Hall–Kier alpha value is -0.760. The first-order chi connectivity index (χ1) is 8.41. The molecule has 0 aliphatic rings. The summed E-state index contributed by atoms with van der Waals surface area (Å²) in [5, 5.41) is 20.0. The molecule has 0 aromatic rings. The lowest BCUT2D eigenvalue weighted by Gasteiger charge is -2.07. The summed E-state index contributed by atoms with van der Waals surface area (Å²) in [4.78, 5) is 0. The fourth-order valence-electron chi connectivity index (χ4n) is 1.27. The summed E-state index contributed by atoms with van der Waals surface area (Å²) < 4.78 is 0. The predicted octanol–water partition coefficient (Wildman–Crippen LogP) is -1.31. The van der Waals surface area contributed by atoms with Gasteiger partial charge in [0.2, 0.25) is 0 Å². The van der Waals surface area contributed by atoms with Crippen molar-refractivity contribution in [3.8, 4) is 0 Å². The van der Waals surface area contributed by atoms with E-state index in [4.69, 9.17) is 5.84 Å². The van der Waals surface area contributed by atoms with Gasteiger partial charge < -0.3 is 27.1 Å². The quantitative estimate of drug-likeness (QED) is 0.120. The summed E-state index contributed by atoms with van der Waals surface area (Å²) in [6, 6.07) is 0. The zero-order valence-electron chi connectivity index (χ0n) is 10.8. The van der Waals surface area contributed by atoms with Crippen molar-refractivity contribution in [2.75, 3.05) is 58.9 Å². The van der Waals surface area contributed by atoms with Gasteiger partial charge >= 0.3 is 0 Å². The van der Waals surface area contributed by atoms with Gasteiger partial charge in [0, 0.05) is 45.8 Å². The normalized spacial score (nSPS) is 11.4. The second kappa shape index (κ2) is 15.2. The molecule has 0 aromatic heterocycles. The Morgan fingerprint density at radius 1 is 0.765 bits per heavy atom. The highest BCUT2D eigenvalue weighted by Crippen LogP contribution is 1.67. The molecule has 0 aromatic carbocycles. The topological polar surface area (TPSA) is 98.9 Å². The first kappa shape index (κ1) is 16.2. The third-order valence-corrected chi connectivity index (χ3v) is 2.16. The molecule has 0 spiro atoms. The monoisotopic (exact) mass is 245 g/mol. The largest absolute Gasteiger partial charge is 0.316 e. The molecule has 17 heavy (non-hydrogen) atoms. The van der Waals surface area contributed by atoms with Crippen LogP contribution in [0.2, 0.25) is 0 Å². The van der Waals surface area contributed by atoms with Crippen LogP contribution in [-0.2, 0) is 0 Å². The minimum absolute atomic E-state index is 0.641. The maximum absolute atomic E-state index is 4.87. The molecule has 0 rings (SSSR count). The number of nitrogens with zero attached hydrogens (tertiary/aromatic N) is 2. The van der Waals surface area contributed by atoms with Crippen LogP contribution in [0.1, 0.15) is 6.92 Å². The van der Waals surface area contributed by atoms with Crippen LogP contribution in [-0.4, -0.2) is 58.9 Å². The van der Waals surface area contributed by atoms with E-state index >= 15 is 0 Å². The standard InChI is InChI=1S/C10H27N7/c1-2-12-3-4-13-5-6-14-7-8-15-9-10-16-17-11/h12-15H,2-10H2,1H3,(H2,11,16). The second-order valence-electron chi connectivity index (χ2n) is 3.58. The summed E-state index contributed by atoms with van der Waals surface area (Å²) in [7, 11) is 0. The second-order valence-corrected chi connectivity index (χ2v) is 3.58. The van der Waals surface area contributed by atoms with Crippen molar-refractivity contribution in [1.82, 2.24) is 21.3 Å². The van der Waals surface area contributed by atoms with Crippen molar-refractivity contribution in [2.24, 2.45) is 16.2 Å². The average Bonchev–Trinajstić information content (AvgIpc) is 2.35. The van der Waals surface area contributed by atoms with Crippen LogP contribution in [0.4, 0.5) is 0 Å². The molecule has 0 amide bonds. The van der Waals surface area contributed by atoms with Crippen LogP contribution in [0.15, 0.2) is 10.3 Å². The van der Waals surface area contributed by atoms with E-state index in [1.165, 1.54) is 0 Å². The Bertz CT molecular complexity index is 163. The molecule has 0 aliphatic heterocycles. The third kappa shape index (κ3) is 15.2. The van der Waals surface area contributed by atoms with E-state index in [9.17, 15) is 0 Å². The number of likely N-dealkylation sites (N-methyl/N-ethyl adjacent to an activating group) is 1. The maximum Gasteiger partial charge on any atom is 0.0744 e. The van der Waals surface area contributed by atoms with Gasteiger partial charge in [-0.15, -0.1) is 0 Å². The van der Waals surface area contributed by atoms with Gasteiger partial charge in [0.1, 0.15) is 0 Å². The Balaban J connectivity index is 2.89. The lowest BCUT2D eigenvalue weighted by molar-refractivity contribution is 0.570. The molecule has 0 aliphatic carbocycles. The SMILES string of the molecule is CCNCCNCCNCCNCCN=NN. The third-order valence-electron chi connectivity index (χ3n) is 2.16.